The number of sulfonamides is 1. The second-order valence-corrected chi connectivity index (χ2v) is 7.96. The molecule has 0 saturated carbocycles. The number of hydrogen-bond acceptors (Lipinski definition) is 3. The van der Waals surface area contributed by atoms with Crippen molar-refractivity contribution in [3.05, 3.63) is 41.6 Å². The molecular formula is C15H16F3NO3S. The van der Waals surface area contributed by atoms with Crippen molar-refractivity contribution in [3.63, 3.8) is 0 Å². The van der Waals surface area contributed by atoms with Gasteiger partial charge in [0, 0.05) is 18.2 Å². The van der Waals surface area contributed by atoms with E-state index in [2.05, 4.69) is 4.72 Å². The van der Waals surface area contributed by atoms with Crippen LogP contribution in [-0.4, -0.2) is 14.2 Å². The molecule has 0 fully saturated rings. The Bertz CT molecular complexity index is 747. The van der Waals surface area contributed by atoms with E-state index in [1.807, 2.05) is 13.8 Å². The minimum absolute atomic E-state index is 0.189. The number of hydrogen-bond donors (Lipinski definition) is 1. The van der Waals surface area contributed by atoms with Crippen LogP contribution < -0.4 is 4.72 Å². The number of carbonyl (C=O) groups is 1. The van der Waals surface area contributed by atoms with E-state index in [0.29, 0.717) is 25.0 Å². The molecule has 0 amide bonds. The van der Waals surface area contributed by atoms with E-state index in [9.17, 15) is 26.4 Å². The number of nitrogens with one attached hydrogen (secondary N) is 1. The standard InChI is InChI=1S/C15H16F3NO3S/c1-14(2)8-11(7-12(20)9-14)19-23(21,22)13-5-3-10(4-6-13)15(16,17)18/h3-7,19H,8-9H2,1-2H3. The maximum Gasteiger partial charge on any atom is 0.416 e. The van der Waals surface area contributed by atoms with Gasteiger partial charge in [0.25, 0.3) is 10.0 Å². The van der Waals surface area contributed by atoms with Crippen LogP contribution in [0.2, 0.25) is 0 Å². The maximum absolute atomic E-state index is 12.5. The van der Waals surface area contributed by atoms with Gasteiger partial charge in [-0.1, -0.05) is 13.8 Å². The summed E-state index contributed by atoms with van der Waals surface area (Å²) in [6.45, 7) is 3.68. The van der Waals surface area contributed by atoms with Gasteiger partial charge in [-0.25, -0.2) is 8.42 Å². The Labute approximate surface area is 132 Å². The molecule has 2 rings (SSSR count). The molecule has 0 unspecified atom stereocenters. The normalized spacial score (nSPS) is 18.5. The third kappa shape index (κ3) is 4.34. The van der Waals surface area contributed by atoms with Crippen LogP contribution in [0.4, 0.5) is 13.2 Å². The fraction of sp³-hybridized carbons (Fsp3) is 0.400. The topological polar surface area (TPSA) is 63.2 Å². The zero-order valence-electron chi connectivity index (χ0n) is 12.6. The number of carbonyl (C=O) groups excluding carboxylic acids is 1. The molecule has 1 aliphatic carbocycles. The molecular weight excluding hydrogens is 331 g/mol. The molecule has 0 radical (unpaired) electrons. The number of rotatable bonds is 3. The Morgan fingerprint density at radius 2 is 1.65 bits per heavy atom. The van der Waals surface area contributed by atoms with Crippen molar-refractivity contribution in [2.75, 3.05) is 0 Å². The zero-order chi connectivity index (χ0) is 17.5. The lowest BCUT2D eigenvalue weighted by Gasteiger charge is -2.29. The Balaban J connectivity index is 2.24. The average Bonchev–Trinajstić information content (AvgIpc) is 2.34. The fourth-order valence-corrected chi connectivity index (χ4v) is 3.55. The van der Waals surface area contributed by atoms with Crippen molar-refractivity contribution in [3.8, 4) is 0 Å². The third-order valence-electron chi connectivity index (χ3n) is 3.41. The van der Waals surface area contributed by atoms with Crippen LogP contribution in [0.5, 0.6) is 0 Å². The molecule has 1 aromatic rings. The molecule has 0 aliphatic heterocycles. The second kappa shape index (κ2) is 5.67. The quantitative estimate of drug-likeness (QED) is 0.913. The van der Waals surface area contributed by atoms with Gasteiger partial charge < -0.3 is 0 Å². The lowest BCUT2D eigenvalue weighted by atomic mass is 9.79. The molecule has 1 aromatic carbocycles. The van der Waals surface area contributed by atoms with Gasteiger partial charge in [0.2, 0.25) is 0 Å². The van der Waals surface area contributed by atoms with Crippen molar-refractivity contribution in [2.45, 2.75) is 37.8 Å². The first-order chi connectivity index (χ1) is 10.4. The van der Waals surface area contributed by atoms with E-state index in [1.165, 1.54) is 6.08 Å². The first-order valence-corrected chi connectivity index (χ1v) is 8.31. The maximum atomic E-state index is 12.5. The number of ketones is 1. The molecule has 126 valence electrons. The summed E-state index contributed by atoms with van der Waals surface area (Å²) in [4.78, 5) is 11.3. The SMILES string of the molecule is CC1(C)CC(=O)C=C(NS(=O)(=O)c2ccc(C(F)(F)F)cc2)C1. The van der Waals surface area contributed by atoms with Gasteiger partial charge in [0.15, 0.2) is 5.78 Å². The second-order valence-electron chi connectivity index (χ2n) is 6.28. The molecule has 1 N–H and O–H groups in total. The van der Waals surface area contributed by atoms with Gasteiger partial charge in [0.05, 0.1) is 10.5 Å². The van der Waals surface area contributed by atoms with Gasteiger partial charge in [-0.15, -0.1) is 0 Å². The molecule has 4 nitrogen and oxygen atoms in total. The molecule has 0 spiro atoms. The van der Waals surface area contributed by atoms with E-state index in [4.69, 9.17) is 0 Å². The van der Waals surface area contributed by atoms with Crippen molar-refractivity contribution >= 4 is 15.8 Å². The van der Waals surface area contributed by atoms with Crippen LogP contribution in [0, 0.1) is 5.41 Å². The number of halogens is 3. The largest absolute Gasteiger partial charge is 0.416 e. The Hall–Kier alpha value is -1.83. The number of alkyl halides is 3. The third-order valence-corrected chi connectivity index (χ3v) is 4.84. The first kappa shape index (κ1) is 17.5. The summed E-state index contributed by atoms with van der Waals surface area (Å²) in [5, 5.41) is 0. The van der Waals surface area contributed by atoms with Gasteiger partial charge >= 0.3 is 6.18 Å². The molecule has 8 heteroatoms. The minimum Gasteiger partial charge on any atom is -0.295 e. The molecule has 1 aliphatic rings. The van der Waals surface area contributed by atoms with E-state index in [-0.39, 0.29) is 21.8 Å². The van der Waals surface area contributed by atoms with E-state index in [1.54, 1.807) is 0 Å². The smallest absolute Gasteiger partial charge is 0.295 e. The van der Waals surface area contributed by atoms with Crippen LogP contribution >= 0.6 is 0 Å². The van der Waals surface area contributed by atoms with Crippen LogP contribution in [0.25, 0.3) is 0 Å². The summed E-state index contributed by atoms with van der Waals surface area (Å²) in [6, 6.07) is 3.20. The van der Waals surface area contributed by atoms with Gasteiger partial charge in [0.1, 0.15) is 0 Å². The molecule has 23 heavy (non-hydrogen) atoms. The first-order valence-electron chi connectivity index (χ1n) is 6.83. The molecule has 0 atom stereocenters. The van der Waals surface area contributed by atoms with Gasteiger partial charge in [-0.3, -0.25) is 9.52 Å². The summed E-state index contributed by atoms with van der Waals surface area (Å²) >= 11 is 0. The van der Waals surface area contributed by atoms with Crippen LogP contribution in [0.1, 0.15) is 32.3 Å². The predicted molar refractivity (Wildman–Crippen MR) is 77.9 cm³/mol. The minimum atomic E-state index is -4.53. The van der Waals surface area contributed by atoms with E-state index < -0.39 is 21.8 Å². The summed E-state index contributed by atoms with van der Waals surface area (Å²) in [6.07, 6.45) is -2.62. The lowest BCUT2D eigenvalue weighted by Crippen LogP contribution is -2.31. The predicted octanol–water partition coefficient (Wildman–Crippen LogP) is 3.26. The summed E-state index contributed by atoms with van der Waals surface area (Å²) in [5.41, 5.74) is -1.06. The number of allylic oxidation sites excluding steroid dienone is 2. The highest BCUT2D eigenvalue weighted by atomic mass is 32.2. The average molecular weight is 347 g/mol. The number of benzene rings is 1. The van der Waals surface area contributed by atoms with Crippen LogP contribution in [0.15, 0.2) is 40.9 Å². The summed E-state index contributed by atoms with van der Waals surface area (Å²) in [7, 11) is -4.03. The highest BCUT2D eigenvalue weighted by Gasteiger charge is 2.32. The van der Waals surface area contributed by atoms with Crippen LogP contribution in [0.3, 0.4) is 0 Å². The zero-order valence-corrected chi connectivity index (χ0v) is 13.4. The summed E-state index contributed by atoms with van der Waals surface area (Å²) < 4.78 is 64.3. The van der Waals surface area contributed by atoms with Gasteiger partial charge in [-0.2, -0.15) is 13.2 Å². The summed E-state index contributed by atoms with van der Waals surface area (Å²) in [5.74, 6) is -0.189. The highest BCUT2D eigenvalue weighted by Crippen LogP contribution is 2.33. The Kier molecular flexibility index (Phi) is 4.32. The Morgan fingerprint density at radius 1 is 1.09 bits per heavy atom. The van der Waals surface area contributed by atoms with Crippen molar-refractivity contribution in [1.82, 2.24) is 4.72 Å². The van der Waals surface area contributed by atoms with E-state index >= 15 is 0 Å². The molecule has 0 saturated heterocycles. The van der Waals surface area contributed by atoms with Crippen molar-refractivity contribution < 1.29 is 26.4 Å². The van der Waals surface area contributed by atoms with Crippen LogP contribution in [-0.2, 0) is 21.0 Å². The molecule has 0 bridgehead atoms. The van der Waals surface area contributed by atoms with Crippen molar-refractivity contribution in [2.24, 2.45) is 5.41 Å². The Morgan fingerprint density at radius 3 is 2.13 bits per heavy atom. The van der Waals surface area contributed by atoms with E-state index in [0.717, 1.165) is 12.1 Å². The monoisotopic (exact) mass is 347 g/mol. The lowest BCUT2D eigenvalue weighted by molar-refractivity contribution is -0.137. The van der Waals surface area contributed by atoms with Gasteiger partial charge in [-0.05, 0) is 36.1 Å². The molecule has 0 heterocycles. The fourth-order valence-electron chi connectivity index (χ4n) is 2.47. The highest BCUT2D eigenvalue weighted by molar-refractivity contribution is 7.89. The van der Waals surface area contributed by atoms with Crippen molar-refractivity contribution in [1.29, 1.82) is 0 Å². The molecule has 0 aromatic heterocycles.